The molecule has 0 bridgehead atoms. The summed E-state index contributed by atoms with van der Waals surface area (Å²) < 4.78 is 36.0. The van der Waals surface area contributed by atoms with Gasteiger partial charge in [-0.05, 0) is 18.1 Å². The van der Waals surface area contributed by atoms with Crippen LogP contribution in [-0.4, -0.2) is 36.7 Å². The van der Waals surface area contributed by atoms with Gasteiger partial charge in [0, 0.05) is 32.9 Å². The van der Waals surface area contributed by atoms with Crippen molar-refractivity contribution < 1.29 is 22.4 Å². The van der Waals surface area contributed by atoms with E-state index in [4.69, 9.17) is 18.0 Å². The van der Waals surface area contributed by atoms with E-state index in [0.29, 0.717) is 19.1 Å². The van der Waals surface area contributed by atoms with Gasteiger partial charge in [0.15, 0.2) is 11.6 Å². The highest BCUT2D eigenvalue weighted by Gasteiger charge is 2.37. The molecule has 0 amide bonds. The lowest BCUT2D eigenvalue weighted by molar-refractivity contribution is 0.121. The number of hydrogen-bond donors (Lipinski definition) is 0. The number of benzene rings is 2. The number of rotatable bonds is 9. The van der Waals surface area contributed by atoms with Gasteiger partial charge in [-0.1, -0.05) is 42.5 Å². The van der Waals surface area contributed by atoms with Crippen LogP contribution < -0.4 is 4.74 Å². The van der Waals surface area contributed by atoms with Crippen molar-refractivity contribution in [3.63, 3.8) is 0 Å². The van der Waals surface area contributed by atoms with E-state index in [-0.39, 0.29) is 11.6 Å². The zero-order valence-corrected chi connectivity index (χ0v) is 15.3. The molecule has 0 saturated carbocycles. The van der Waals surface area contributed by atoms with E-state index in [2.05, 4.69) is 0 Å². The largest absolute Gasteiger partial charge is 0.500 e. The average molecular weight is 350 g/mol. The van der Waals surface area contributed by atoms with Crippen LogP contribution in [0.15, 0.2) is 48.5 Å². The van der Waals surface area contributed by atoms with E-state index in [1.807, 2.05) is 36.4 Å². The van der Waals surface area contributed by atoms with Crippen molar-refractivity contribution in [1.29, 1.82) is 0 Å². The summed E-state index contributed by atoms with van der Waals surface area (Å²) in [5.41, 5.74) is 1.66. The zero-order chi connectivity index (χ0) is 17.4. The van der Waals surface area contributed by atoms with Crippen molar-refractivity contribution in [2.24, 2.45) is 0 Å². The highest BCUT2D eigenvalue weighted by molar-refractivity contribution is 6.60. The van der Waals surface area contributed by atoms with Crippen LogP contribution >= 0.6 is 0 Å². The molecule has 4 nitrogen and oxygen atoms in total. The Morgan fingerprint density at radius 2 is 1.54 bits per heavy atom. The Labute approximate surface area is 143 Å². The Morgan fingerprint density at radius 3 is 2.17 bits per heavy atom. The maximum atomic E-state index is 14.2. The topological polar surface area (TPSA) is 36.9 Å². The molecule has 6 heteroatoms. The molecule has 0 aliphatic carbocycles. The van der Waals surface area contributed by atoms with Crippen molar-refractivity contribution in [1.82, 2.24) is 0 Å². The highest BCUT2D eigenvalue weighted by atomic mass is 28.4. The molecular formula is C18H23FO4Si. The van der Waals surface area contributed by atoms with Crippen LogP contribution in [0.25, 0.3) is 11.1 Å². The molecule has 0 fully saturated rings. The van der Waals surface area contributed by atoms with Crippen LogP contribution in [0.4, 0.5) is 4.39 Å². The number of hydrogen-bond acceptors (Lipinski definition) is 4. The molecule has 24 heavy (non-hydrogen) atoms. The summed E-state index contributed by atoms with van der Waals surface area (Å²) in [6.45, 7) is 0.353. The lowest BCUT2D eigenvalue weighted by atomic mass is 10.0. The standard InChI is InChI=1S/C18H23FO4Si/c1-20-24(21-2,22-3)14-8-13-23-18-16(11-7-12-17(18)19)15-9-5-4-6-10-15/h4-7,9-12H,8,13-14H2,1-3H3. The SMILES string of the molecule is CO[Si](CCCOc1c(F)cccc1-c1ccccc1)(OC)OC. The molecule has 0 aromatic heterocycles. The van der Waals surface area contributed by atoms with Gasteiger partial charge in [-0.15, -0.1) is 0 Å². The minimum absolute atomic E-state index is 0.267. The number of para-hydroxylation sites is 1. The Morgan fingerprint density at radius 1 is 0.875 bits per heavy atom. The molecule has 0 spiro atoms. The van der Waals surface area contributed by atoms with Crippen LogP contribution in [0.2, 0.25) is 6.04 Å². The van der Waals surface area contributed by atoms with Gasteiger partial charge in [-0.25, -0.2) is 4.39 Å². The number of ether oxygens (including phenoxy) is 1. The zero-order valence-electron chi connectivity index (χ0n) is 14.3. The summed E-state index contributed by atoms with van der Waals surface area (Å²) in [4.78, 5) is 0. The quantitative estimate of drug-likeness (QED) is 0.503. The summed E-state index contributed by atoms with van der Waals surface area (Å²) in [5.74, 6) is -0.103. The first kappa shape index (κ1) is 18.6. The second-order valence-electron chi connectivity index (χ2n) is 5.23. The van der Waals surface area contributed by atoms with Crippen molar-refractivity contribution in [2.75, 3.05) is 27.9 Å². The Kier molecular flexibility index (Phi) is 6.93. The summed E-state index contributed by atoms with van der Waals surface area (Å²) in [5, 5.41) is 0. The second kappa shape index (κ2) is 8.94. The average Bonchev–Trinajstić information content (AvgIpc) is 2.64. The third-order valence-electron chi connectivity index (χ3n) is 3.86. The third-order valence-corrected chi connectivity index (χ3v) is 6.69. The first-order chi connectivity index (χ1) is 11.7. The minimum Gasteiger partial charge on any atom is -0.490 e. The Hall–Kier alpha value is -1.73. The monoisotopic (exact) mass is 350 g/mol. The molecular weight excluding hydrogens is 327 g/mol. The molecule has 0 N–H and O–H groups in total. The maximum absolute atomic E-state index is 14.2. The van der Waals surface area contributed by atoms with Crippen LogP contribution in [-0.2, 0) is 13.3 Å². The Bertz CT molecular complexity index is 624. The van der Waals surface area contributed by atoms with E-state index in [1.165, 1.54) is 6.07 Å². The summed E-state index contributed by atoms with van der Waals surface area (Å²) in [6, 6.07) is 15.2. The van der Waals surface area contributed by atoms with E-state index < -0.39 is 8.80 Å². The molecule has 130 valence electrons. The summed E-state index contributed by atoms with van der Waals surface area (Å²) in [6.07, 6.45) is 0.643. The molecule has 0 radical (unpaired) electrons. The van der Waals surface area contributed by atoms with E-state index in [1.54, 1.807) is 27.4 Å². The van der Waals surface area contributed by atoms with Gasteiger partial charge in [0.1, 0.15) is 0 Å². The maximum Gasteiger partial charge on any atom is 0.500 e. The fraction of sp³-hybridized carbons (Fsp3) is 0.333. The molecule has 0 heterocycles. The van der Waals surface area contributed by atoms with Crippen molar-refractivity contribution in [2.45, 2.75) is 12.5 Å². The molecule has 0 aliphatic heterocycles. The van der Waals surface area contributed by atoms with Crippen molar-refractivity contribution in [3.8, 4) is 16.9 Å². The normalized spacial score (nSPS) is 11.5. The first-order valence-corrected chi connectivity index (χ1v) is 9.71. The van der Waals surface area contributed by atoms with E-state index in [0.717, 1.165) is 11.1 Å². The Balaban J connectivity index is 2.06. The third kappa shape index (κ3) is 4.42. The molecule has 2 rings (SSSR count). The van der Waals surface area contributed by atoms with E-state index >= 15 is 0 Å². The van der Waals surface area contributed by atoms with Gasteiger partial charge in [0.05, 0.1) is 6.61 Å². The molecule has 0 saturated heterocycles. The summed E-state index contributed by atoms with van der Waals surface area (Å²) in [7, 11) is 2.10. The van der Waals surface area contributed by atoms with Crippen molar-refractivity contribution >= 4 is 8.80 Å². The van der Waals surface area contributed by atoms with Gasteiger partial charge in [0.25, 0.3) is 0 Å². The molecule has 0 aliphatic rings. The van der Waals surface area contributed by atoms with Gasteiger partial charge < -0.3 is 18.0 Å². The lowest BCUT2D eigenvalue weighted by Gasteiger charge is -2.24. The van der Waals surface area contributed by atoms with Crippen LogP contribution in [0.3, 0.4) is 0 Å². The van der Waals surface area contributed by atoms with E-state index in [9.17, 15) is 4.39 Å². The van der Waals surface area contributed by atoms with Crippen LogP contribution in [0.5, 0.6) is 5.75 Å². The summed E-state index contributed by atoms with van der Waals surface area (Å²) >= 11 is 0. The molecule has 0 atom stereocenters. The van der Waals surface area contributed by atoms with Crippen LogP contribution in [0.1, 0.15) is 6.42 Å². The van der Waals surface area contributed by atoms with Gasteiger partial charge >= 0.3 is 8.80 Å². The predicted molar refractivity (Wildman–Crippen MR) is 93.5 cm³/mol. The first-order valence-electron chi connectivity index (χ1n) is 7.78. The van der Waals surface area contributed by atoms with Crippen molar-refractivity contribution in [3.05, 3.63) is 54.3 Å². The number of halogens is 1. The lowest BCUT2D eigenvalue weighted by Crippen LogP contribution is -2.42. The van der Waals surface area contributed by atoms with Gasteiger partial charge in [-0.2, -0.15) is 0 Å². The fourth-order valence-electron chi connectivity index (χ4n) is 2.52. The van der Waals surface area contributed by atoms with Gasteiger partial charge in [0.2, 0.25) is 0 Å². The fourth-order valence-corrected chi connectivity index (χ4v) is 4.21. The minimum atomic E-state index is -2.62. The smallest absolute Gasteiger partial charge is 0.490 e. The predicted octanol–water partition coefficient (Wildman–Crippen LogP) is 4.14. The second-order valence-corrected chi connectivity index (χ2v) is 8.32. The van der Waals surface area contributed by atoms with Crippen LogP contribution in [0, 0.1) is 5.82 Å². The highest BCUT2D eigenvalue weighted by Crippen LogP contribution is 2.32. The van der Waals surface area contributed by atoms with Gasteiger partial charge in [-0.3, -0.25) is 0 Å². The molecule has 2 aromatic carbocycles. The molecule has 2 aromatic rings. The molecule has 0 unspecified atom stereocenters.